The van der Waals surface area contributed by atoms with Crippen LogP contribution in [0.4, 0.5) is 9.59 Å². The molecule has 0 bridgehead atoms. The van der Waals surface area contributed by atoms with Gasteiger partial charge in [0.2, 0.25) is 11.6 Å². The van der Waals surface area contributed by atoms with Crippen LogP contribution in [0.1, 0.15) is 160 Å². The Hall–Kier alpha value is -4.30. The van der Waals surface area contributed by atoms with Crippen LogP contribution in [0.2, 0.25) is 0 Å². The number of esters is 2. The number of fused-ring (bicyclic) bond motifs is 2. The van der Waals surface area contributed by atoms with Crippen molar-refractivity contribution in [1.82, 2.24) is 10.6 Å². The molecule has 4 rings (SSSR count). The fourth-order valence-electron chi connectivity index (χ4n) is 6.18. The minimum atomic E-state index is -0.525. The van der Waals surface area contributed by atoms with E-state index in [1.54, 1.807) is 36.4 Å². The number of carbonyl (C=O) groups is 6. The van der Waals surface area contributed by atoms with Crippen molar-refractivity contribution in [3.63, 3.8) is 0 Å². The van der Waals surface area contributed by atoms with Gasteiger partial charge in [0, 0.05) is 34.0 Å². The van der Waals surface area contributed by atoms with E-state index in [0.717, 1.165) is 87.7 Å². The standard InChI is InChI=1S/C44H58N2O10S2/c1-43(2,3)55-41(51)45-25-15-11-7-9-13-17-27-53-39(49)31-23-19-21-29-33(47)37(57-35(29)31)38-34(48)30-22-20-24-32(36(30)58-38)40(50)54-28-18-14-10-8-12-16-26-46-42(52)56-44(4,5)6/h19-24H,7-18,25-28H2,1-6H3,(H,45,51)(H,46,52)/b38-37+. The number of allylic oxidation sites excluding steroid dienone is 2. The molecule has 2 aliphatic rings. The largest absolute Gasteiger partial charge is 0.462 e. The molecule has 0 atom stereocenters. The molecule has 0 aliphatic carbocycles. The fraction of sp³-hybridized carbons (Fsp3) is 0.545. The molecule has 2 N–H and O–H groups in total. The van der Waals surface area contributed by atoms with Crippen molar-refractivity contribution >= 4 is 59.2 Å². The highest BCUT2D eigenvalue weighted by molar-refractivity contribution is 8.08. The van der Waals surface area contributed by atoms with E-state index in [9.17, 15) is 28.8 Å². The number of hydrogen-bond donors (Lipinski definition) is 2. The number of amides is 2. The molecular formula is C44H58N2O10S2. The second kappa shape index (κ2) is 22.2. The quantitative estimate of drug-likeness (QED) is 0.0562. The van der Waals surface area contributed by atoms with Gasteiger partial charge in [-0.3, -0.25) is 9.59 Å². The monoisotopic (exact) mass is 838 g/mol. The molecule has 2 aromatic rings. The first-order valence-electron chi connectivity index (χ1n) is 20.3. The molecule has 14 heteroatoms. The zero-order chi connectivity index (χ0) is 42.3. The van der Waals surface area contributed by atoms with E-state index in [1.807, 2.05) is 41.5 Å². The van der Waals surface area contributed by atoms with Crippen LogP contribution in [-0.2, 0) is 18.9 Å². The highest BCUT2D eigenvalue weighted by atomic mass is 32.2. The second-order valence-corrected chi connectivity index (χ2v) is 18.3. The summed E-state index contributed by atoms with van der Waals surface area (Å²) < 4.78 is 21.6. The summed E-state index contributed by atoms with van der Waals surface area (Å²) in [5, 5.41) is 5.53. The first kappa shape index (κ1) is 46.4. The molecule has 2 heterocycles. The summed E-state index contributed by atoms with van der Waals surface area (Å²) in [5.74, 6) is -1.74. The smallest absolute Gasteiger partial charge is 0.407 e. The number of nitrogens with one attached hydrogen (secondary N) is 2. The molecule has 2 aromatic carbocycles. The van der Waals surface area contributed by atoms with Crippen LogP contribution in [0.25, 0.3) is 0 Å². The van der Waals surface area contributed by atoms with E-state index in [2.05, 4.69) is 10.6 Å². The minimum absolute atomic E-state index is 0.225. The topological polar surface area (TPSA) is 163 Å². The van der Waals surface area contributed by atoms with Gasteiger partial charge in [0.1, 0.15) is 11.2 Å². The van der Waals surface area contributed by atoms with E-state index in [4.69, 9.17) is 18.9 Å². The number of hydrogen-bond acceptors (Lipinski definition) is 12. The first-order chi connectivity index (χ1) is 27.6. The molecule has 0 unspecified atom stereocenters. The summed E-state index contributed by atoms with van der Waals surface area (Å²) in [6.45, 7) is 12.6. The molecule has 0 radical (unpaired) electrons. The van der Waals surface area contributed by atoms with Crippen LogP contribution >= 0.6 is 23.5 Å². The summed E-state index contributed by atoms with van der Waals surface area (Å²) in [4.78, 5) is 78.4. The Morgan fingerprint density at radius 3 is 1.22 bits per heavy atom. The molecule has 0 saturated heterocycles. The average Bonchev–Trinajstić information content (AvgIpc) is 3.66. The van der Waals surface area contributed by atoms with Crippen molar-refractivity contribution in [3.05, 3.63) is 68.5 Å². The van der Waals surface area contributed by atoms with E-state index < -0.39 is 35.3 Å². The molecule has 58 heavy (non-hydrogen) atoms. The summed E-state index contributed by atoms with van der Waals surface area (Å²) in [7, 11) is 0. The highest BCUT2D eigenvalue weighted by Crippen LogP contribution is 2.51. The number of Topliss-reactive ketones (excluding diaryl/α,β-unsaturated/α-hetero) is 2. The fourth-order valence-corrected chi connectivity index (χ4v) is 8.67. The maximum atomic E-state index is 13.6. The van der Waals surface area contributed by atoms with Crippen molar-refractivity contribution in [2.24, 2.45) is 0 Å². The Balaban J connectivity index is 1.19. The van der Waals surface area contributed by atoms with Crippen molar-refractivity contribution in [2.45, 2.75) is 140 Å². The molecule has 2 amide bonds. The molecule has 0 aromatic heterocycles. The van der Waals surface area contributed by atoms with E-state index in [1.165, 1.54) is 0 Å². The van der Waals surface area contributed by atoms with E-state index in [-0.39, 0.29) is 45.7 Å². The number of benzene rings is 2. The summed E-state index contributed by atoms with van der Waals surface area (Å²) >= 11 is 2.18. The van der Waals surface area contributed by atoms with Gasteiger partial charge in [-0.25, -0.2) is 19.2 Å². The lowest BCUT2D eigenvalue weighted by Gasteiger charge is -2.19. The van der Waals surface area contributed by atoms with Gasteiger partial charge in [0.15, 0.2) is 0 Å². The first-order valence-corrected chi connectivity index (χ1v) is 21.9. The van der Waals surface area contributed by atoms with Gasteiger partial charge in [-0.1, -0.05) is 87.0 Å². The van der Waals surface area contributed by atoms with Gasteiger partial charge in [-0.15, -0.1) is 0 Å². The van der Waals surface area contributed by atoms with Gasteiger partial charge >= 0.3 is 24.1 Å². The number of unbranched alkanes of at least 4 members (excludes halogenated alkanes) is 10. The number of ketones is 2. The highest BCUT2D eigenvalue weighted by Gasteiger charge is 2.39. The van der Waals surface area contributed by atoms with Gasteiger partial charge in [0.05, 0.1) is 34.2 Å². The number of alkyl carbamates (subject to hydrolysis) is 2. The lowest BCUT2D eigenvalue weighted by molar-refractivity contribution is 0.0484. The summed E-state index contributed by atoms with van der Waals surface area (Å²) in [6.07, 6.45) is 9.94. The predicted molar refractivity (Wildman–Crippen MR) is 225 cm³/mol. The van der Waals surface area contributed by atoms with Crippen molar-refractivity contribution in [2.75, 3.05) is 26.3 Å². The lowest BCUT2D eigenvalue weighted by atomic mass is 10.0. The van der Waals surface area contributed by atoms with Gasteiger partial charge < -0.3 is 29.6 Å². The predicted octanol–water partition coefficient (Wildman–Crippen LogP) is 10.2. The molecule has 0 fully saturated rings. The van der Waals surface area contributed by atoms with Gasteiger partial charge in [-0.05, 0) is 91.5 Å². The van der Waals surface area contributed by atoms with Crippen LogP contribution in [-0.4, -0.2) is 73.2 Å². The molecule has 316 valence electrons. The molecule has 2 aliphatic heterocycles. The molecular weight excluding hydrogens is 781 g/mol. The maximum Gasteiger partial charge on any atom is 0.407 e. The number of ether oxygens (including phenoxy) is 4. The average molecular weight is 839 g/mol. The molecule has 0 saturated carbocycles. The van der Waals surface area contributed by atoms with Gasteiger partial charge in [0.25, 0.3) is 0 Å². The van der Waals surface area contributed by atoms with E-state index >= 15 is 0 Å². The SMILES string of the molecule is CC(C)(C)OC(=O)NCCCCCCCCOC(=O)c1cccc2c1S/C(=C1/Sc3c(C(=O)OCCCCCCCCNC(=O)OC(C)(C)C)cccc3C1=O)C2=O. The lowest BCUT2D eigenvalue weighted by Crippen LogP contribution is -2.33. The van der Waals surface area contributed by atoms with Crippen molar-refractivity contribution in [1.29, 1.82) is 0 Å². The van der Waals surface area contributed by atoms with Crippen molar-refractivity contribution in [3.8, 4) is 0 Å². The number of rotatable bonds is 20. The van der Waals surface area contributed by atoms with Crippen molar-refractivity contribution < 1.29 is 47.7 Å². The normalized spacial score (nSPS) is 14.8. The zero-order valence-corrected chi connectivity index (χ0v) is 36.3. The third-order valence-electron chi connectivity index (χ3n) is 8.93. The second-order valence-electron chi connectivity index (χ2n) is 16.3. The minimum Gasteiger partial charge on any atom is -0.462 e. The third kappa shape index (κ3) is 14.5. The summed E-state index contributed by atoms with van der Waals surface area (Å²) in [6, 6.07) is 9.80. The van der Waals surface area contributed by atoms with Gasteiger partial charge in [-0.2, -0.15) is 0 Å². The molecule has 0 spiro atoms. The Labute approximate surface area is 350 Å². The summed E-state index contributed by atoms with van der Waals surface area (Å²) in [5.41, 5.74) is 0.186. The van der Waals surface area contributed by atoms with Crippen LogP contribution in [0, 0.1) is 0 Å². The van der Waals surface area contributed by atoms with Crippen LogP contribution < -0.4 is 10.6 Å². The number of carbonyl (C=O) groups excluding carboxylic acids is 6. The van der Waals surface area contributed by atoms with E-state index in [0.29, 0.717) is 46.8 Å². The van der Waals surface area contributed by atoms with Crippen LogP contribution in [0.3, 0.4) is 0 Å². The zero-order valence-electron chi connectivity index (χ0n) is 34.7. The Kier molecular flexibility index (Phi) is 17.7. The van der Waals surface area contributed by atoms with Crippen LogP contribution in [0.5, 0.6) is 0 Å². The Morgan fingerprint density at radius 2 is 0.862 bits per heavy atom. The Morgan fingerprint density at radius 1 is 0.517 bits per heavy atom. The Bertz CT molecular complexity index is 1710. The number of thioether (sulfide) groups is 2. The third-order valence-corrected chi connectivity index (χ3v) is 11.5. The molecule has 12 nitrogen and oxygen atoms in total. The van der Waals surface area contributed by atoms with Crippen LogP contribution in [0.15, 0.2) is 56.0 Å². The maximum absolute atomic E-state index is 13.6.